The summed E-state index contributed by atoms with van der Waals surface area (Å²) in [7, 11) is 0. The molecule has 1 saturated carbocycles. The molecule has 1 saturated heterocycles. The minimum atomic E-state index is -0.660. The van der Waals surface area contributed by atoms with E-state index in [2.05, 4.69) is 15.1 Å². The highest BCUT2D eigenvalue weighted by Crippen LogP contribution is 2.40. The number of piperazine rings is 1. The zero-order valence-electron chi connectivity index (χ0n) is 15.7. The van der Waals surface area contributed by atoms with Gasteiger partial charge in [-0.05, 0) is 42.5 Å². The van der Waals surface area contributed by atoms with Crippen molar-refractivity contribution in [2.45, 2.75) is 31.3 Å². The molecule has 0 bridgehead atoms. The molecule has 1 aromatic carbocycles. The Balaban J connectivity index is 1.30. The van der Waals surface area contributed by atoms with Gasteiger partial charge in [-0.25, -0.2) is 0 Å². The molecule has 2 fully saturated rings. The second kappa shape index (κ2) is 7.56. The van der Waals surface area contributed by atoms with Crippen LogP contribution in [0, 0.1) is 11.3 Å². The van der Waals surface area contributed by atoms with E-state index in [4.69, 9.17) is 5.26 Å². The summed E-state index contributed by atoms with van der Waals surface area (Å²) in [5.74, 6) is 0.844. The molecule has 0 unspecified atom stereocenters. The van der Waals surface area contributed by atoms with Crippen molar-refractivity contribution in [1.82, 2.24) is 15.1 Å². The fourth-order valence-electron chi connectivity index (χ4n) is 3.76. The zero-order chi connectivity index (χ0) is 19.6. The van der Waals surface area contributed by atoms with E-state index in [1.54, 1.807) is 12.1 Å². The van der Waals surface area contributed by atoms with E-state index in [1.165, 1.54) is 0 Å². The first kappa shape index (κ1) is 18.4. The molecule has 0 radical (unpaired) electrons. The number of anilines is 1. The van der Waals surface area contributed by atoms with E-state index >= 15 is 0 Å². The fourth-order valence-corrected chi connectivity index (χ4v) is 3.76. The maximum absolute atomic E-state index is 12.6. The molecule has 28 heavy (non-hydrogen) atoms. The van der Waals surface area contributed by atoms with Crippen LogP contribution in [0.4, 0.5) is 5.82 Å². The number of aliphatic hydroxyl groups is 1. The molecule has 4 rings (SSSR count). The number of carbonyl (C=O) groups is 1. The van der Waals surface area contributed by atoms with E-state index in [0.717, 1.165) is 36.2 Å². The van der Waals surface area contributed by atoms with E-state index in [0.29, 0.717) is 38.3 Å². The van der Waals surface area contributed by atoms with E-state index in [1.807, 2.05) is 35.2 Å². The van der Waals surface area contributed by atoms with Crippen molar-refractivity contribution in [2.24, 2.45) is 0 Å². The van der Waals surface area contributed by atoms with Crippen LogP contribution in [0.5, 0.6) is 0 Å². The van der Waals surface area contributed by atoms with Crippen molar-refractivity contribution in [2.75, 3.05) is 31.1 Å². The Kier molecular flexibility index (Phi) is 4.97. The predicted molar refractivity (Wildman–Crippen MR) is 103 cm³/mol. The highest BCUT2D eigenvalue weighted by atomic mass is 16.3. The Hall–Kier alpha value is -2.98. The maximum Gasteiger partial charge on any atom is 0.227 e. The number of nitrogens with zero attached hydrogens (tertiary/aromatic N) is 5. The number of hydrogen-bond donors (Lipinski definition) is 1. The van der Waals surface area contributed by atoms with Crippen LogP contribution in [0.3, 0.4) is 0 Å². The summed E-state index contributed by atoms with van der Waals surface area (Å²) in [6.45, 7) is 2.66. The lowest BCUT2D eigenvalue weighted by Gasteiger charge is -2.37. The van der Waals surface area contributed by atoms with Crippen LogP contribution in [-0.4, -0.2) is 52.3 Å². The minimum absolute atomic E-state index is 0.112. The largest absolute Gasteiger partial charge is 0.385 e. The first-order chi connectivity index (χ1) is 13.6. The Morgan fingerprint density at radius 2 is 1.79 bits per heavy atom. The highest BCUT2D eigenvalue weighted by molar-refractivity contribution is 5.79. The summed E-state index contributed by atoms with van der Waals surface area (Å²) >= 11 is 0. The Labute approximate surface area is 164 Å². The van der Waals surface area contributed by atoms with E-state index in [-0.39, 0.29) is 5.91 Å². The van der Waals surface area contributed by atoms with Gasteiger partial charge >= 0.3 is 0 Å². The van der Waals surface area contributed by atoms with Crippen molar-refractivity contribution in [3.05, 3.63) is 53.2 Å². The smallest absolute Gasteiger partial charge is 0.227 e. The molecule has 1 aliphatic carbocycles. The Bertz CT molecular complexity index is 877. The second-order valence-electron chi connectivity index (χ2n) is 7.52. The van der Waals surface area contributed by atoms with Crippen molar-refractivity contribution in [1.29, 1.82) is 5.26 Å². The quantitative estimate of drug-likeness (QED) is 0.870. The monoisotopic (exact) mass is 377 g/mol. The standard InChI is InChI=1S/C21H23N5O2/c22-15-18-6-7-19(24-23-18)25-10-12-26(13-11-25)20(27)14-16-2-4-17(5-3-16)21(28)8-1-9-21/h2-7,28H,1,8-14H2. The third-order valence-corrected chi connectivity index (χ3v) is 5.75. The van der Waals surface area contributed by atoms with Gasteiger partial charge in [-0.3, -0.25) is 4.79 Å². The molecule has 0 spiro atoms. The molecule has 1 aromatic heterocycles. The lowest BCUT2D eigenvalue weighted by molar-refractivity contribution is -0.130. The zero-order valence-corrected chi connectivity index (χ0v) is 15.7. The lowest BCUT2D eigenvalue weighted by Crippen LogP contribution is -2.49. The van der Waals surface area contributed by atoms with Gasteiger partial charge < -0.3 is 14.9 Å². The van der Waals surface area contributed by atoms with Crippen molar-refractivity contribution in [3.8, 4) is 6.07 Å². The summed E-state index contributed by atoms with van der Waals surface area (Å²) in [6, 6.07) is 13.2. The number of nitriles is 1. The van der Waals surface area contributed by atoms with Crippen molar-refractivity contribution in [3.63, 3.8) is 0 Å². The van der Waals surface area contributed by atoms with Crippen LogP contribution in [0.25, 0.3) is 0 Å². The number of aromatic nitrogens is 2. The van der Waals surface area contributed by atoms with Gasteiger partial charge in [-0.15, -0.1) is 10.2 Å². The molecule has 1 aliphatic heterocycles. The number of amides is 1. The molecule has 2 aromatic rings. The fraction of sp³-hybridized carbons (Fsp3) is 0.429. The first-order valence-electron chi connectivity index (χ1n) is 9.66. The topological polar surface area (TPSA) is 93.4 Å². The number of rotatable bonds is 4. The van der Waals surface area contributed by atoms with Crippen LogP contribution < -0.4 is 4.90 Å². The lowest BCUT2D eigenvalue weighted by atomic mass is 9.75. The number of benzene rings is 1. The number of hydrogen-bond acceptors (Lipinski definition) is 6. The van der Waals surface area contributed by atoms with Crippen LogP contribution in [0.15, 0.2) is 36.4 Å². The summed E-state index contributed by atoms with van der Waals surface area (Å²) in [6.07, 6.45) is 3.07. The normalized spacial score (nSPS) is 18.3. The summed E-state index contributed by atoms with van der Waals surface area (Å²) in [5, 5.41) is 27.2. The molecule has 7 heteroatoms. The van der Waals surface area contributed by atoms with Gasteiger partial charge in [0, 0.05) is 26.2 Å². The van der Waals surface area contributed by atoms with Crippen LogP contribution in [0.1, 0.15) is 36.1 Å². The van der Waals surface area contributed by atoms with Crippen LogP contribution in [0.2, 0.25) is 0 Å². The molecule has 2 aliphatic rings. The van der Waals surface area contributed by atoms with E-state index in [9.17, 15) is 9.90 Å². The molecule has 7 nitrogen and oxygen atoms in total. The Morgan fingerprint density at radius 3 is 2.32 bits per heavy atom. The van der Waals surface area contributed by atoms with Crippen LogP contribution >= 0.6 is 0 Å². The second-order valence-corrected chi connectivity index (χ2v) is 7.52. The van der Waals surface area contributed by atoms with Crippen LogP contribution in [-0.2, 0) is 16.8 Å². The Morgan fingerprint density at radius 1 is 1.07 bits per heavy atom. The summed E-state index contributed by atoms with van der Waals surface area (Å²) in [5.41, 5.74) is 1.56. The predicted octanol–water partition coefficient (Wildman–Crippen LogP) is 1.61. The third kappa shape index (κ3) is 3.69. The molecular formula is C21H23N5O2. The minimum Gasteiger partial charge on any atom is -0.385 e. The molecule has 1 N–H and O–H groups in total. The van der Waals surface area contributed by atoms with Crippen molar-refractivity contribution >= 4 is 11.7 Å². The molecular weight excluding hydrogens is 354 g/mol. The van der Waals surface area contributed by atoms with E-state index < -0.39 is 5.60 Å². The summed E-state index contributed by atoms with van der Waals surface area (Å²) < 4.78 is 0. The number of carbonyl (C=O) groups excluding carboxylic acids is 1. The van der Waals surface area contributed by atoms with Gasteiger partial charge in [-0.1, -0.05) is 24.3 Å². The van der Waals surface area contributed by atoms with Gasteiger partial charge in [0.25, 0.3) is 0 Å². The van der Waals surface area contributed by atoms with Gasteiger partial charge in [0.1, 0.15) is 6.07 Å². The molecule has 144 valence electrons. The van der Waals surface area contributed by atoms with Crippen molar-refractivity contribution < 1.29 is 9.90 Å². The molecule has 0 atom stereocenters. The SMILES string of the molecule is N#Cc1ccc(N2CCN(C(=O)Cc3ccc(C4(O)CCC4)cc3)CC2)nn1. The third-order valence-electron chi connectivity index (χ3n) is 5.75. The first-order valence-corrected chi connectivity index (χ1v) is 9.66. The van der Waals surface area contributed by atoms with Gasteiger partial charge in [0.15, 0.2) is 11.5 Å². The molecule has 2 heterocycles. The maximum atomic E-state index is 12.6. The molecule has 1 amide bonds. The highest BCUT2D eigenvalue weighted by Gasteiger charge is 2.36. The van der Waals surface area contributed by atoms with Gasteiger partial charge in [-0.2, -0.15) is 5.26 Å². The van der Waals surface area contributed by atoms with Gasteiger partial charge in [0.2, 0.25) is 5.91 Å². The average Bonchev–Trinajstić information content (AvgIpc) is 2.73. The average molecular weight is 377 g/mol. The summed E-state index contributed by atoms with van der Waals surface area (Å²) in [4.78, 5) is 16.6. The van der Waals surface area contributed by atoms with Gasteiger partial charge in [0.05, 0.1) is 12.0 Å².